The normalized spacial score (nSPS) is 27.7. The molecule has 11 atom stereocenters. The van der Waals surface area contributed by atoms with E-state index in [1.807, 2.05) is 0 Å². The van der Waals surface area contributed by atoms with Crippen molar-refractivity contribution in [3.63, 3.8) is 0 Å². The predicted octanol–water partition coefficient (Wildman–Crippen LogP) is 1.51. The molecule has 0 radical (unpaired) electrons. The van der Waals surface area contributed by atoms with Crippen LogP contribution in [0.2, 0.25) is 0 Å². The highest BCUT2D eigenvalue weighted by molar-refractivity contribution is 7.48. The third kappa shape index (κ3) is 14.7. The van der Waals surface area contributed by atoms with E-state index in [1.54, 1.807) is 30.3 Å². The first-order valence-electron chi connectivity index (χ1n) is 17.4. The number of rotatable bonds is 17. The van der Waals surface area contributed by atoms with Crippen LogP contribution in [0.5, 0.6) is 0 Å². The fourth-order valence-corrected chi connectivity index (χ4v) is 6.94. The Bertz CT molecular complexity index is 1600. The van der Waals surface area contributed by atoms with Gasteiger partial charge in [-0.15, -0.1) is 0 Å². The van der Waals surface area contributed by atoms with Gasteiger partial charge >= 0.3 is 55.6 Å². The van der Waals surface area contributed by atoms with E-state index in [0.29, 0.717) is 5.56 Å². The highest BCUT2D eigenvalue weighted by Crippen LogP contribution is 2.55. The van der Waals surface area contributed by atoms with Crippen molar-refractivity contribution in [1.29, 1.82) is 0 Å². The summed E-state index contributed by atoms with van der Waals surface area (Å²) in [5.74, 6) is -7.52. The third-order valence-corrected chi connectivity index (χ3v) is 8.97. The zero-order chi connectivity index (χ0) is 43.3. The van der Waals surface area contributed by atoms with E-state index in [0.717, 1.165) is 55.4 Å². The average Bonchev–Trinajstić information content (AvgIpc) is 3.10. The molecule has 2 aliphatic rings. The minimum atomic E-state index is -5.37. The Morgan fingerprint density at radius 2 is 0.810 bits per heavy atom. The van der Waals surface area contributed by atoms with Crippen molar-refractivity contribution in [2.45, 2.75) is 123 Å². The molecule has 2 saturated heterocycles. The van der Waals surface area contributed by atoms with E-state index >= 15 is 4.57 Å². The van der Waals surface area contributed by atoms with Crippen LogP contribution >= 0.6 is 7.82 Å². The SMILES string of the molecule is CC(=O)OC[C@@H]1O[C@@H](OP(=O)(OCc2ccccc2)O[C@H]2O[C@H](COC(C)=O)[C@@H](OC(C)=O)[C@H](OC(C)=O)[C@@H]2OC(C)=O)[C@H](OC(C)=O)[C@H](OC(C)=O)[C@H]1OC(C)=O. The molecule has 0 spiro atoms. The van der Waals surface area contributed by atoms with E-state index in [9.17, 15) is 38.4 Å². The van der Waals surface area contributed by atoms with E-state index < -0.39 is 137 Å². The van der Waals surface area contributed by atoms with Crippen LogP contribution in [-0.4, -0.2) is 122 Å². The molecule has 0 aromatic heterocycles. The summed E-state index contributed by atoms with van der Waals surface area (Å²) in [4.78, 5) is 97.8. The second kappa shape index (κ2) is 21.7. The highest BCUT2D eigenvalue weighted by atomic mass is 31.2. The number of hydrogen-bond donors (Lipinski definition) is 0. The van der Waals surface area contributed by atoms with Crippen LogP contribution in [0.1, 0.15) is 61.0 Å². The van der Waals surface area contributed by atoms with Crippen molar-refractivity contribution in [3.8, 4) is 0 Å². The molecule has 322 valence electrons. The predicted molar refractivity (Wildman–Crippen MR) is 185 cm³/mol. The van der Waals surface area contributed by atoms with Crippen molar-refractivity contribution < 1.29 is 104 Å². The van der Waals surface area contributed by atoms with Crippen LogP contribution in [0.25, 0.3) is 0 Å². The van der Waals surface area contributed by atoms with Gasteiger partial charge in [0.25, 0.3) is 0 Å². The quantitative estimate of drug-likeness (QED) is 0.122. The zero-order valence-corrected chi connectivity index (χ0v) is 33.6. The van der Waals surface area contributed by atoms with Crippen LogP contribution in [0.3, 0.4) is 0 Å². The molecule has 1 aromatic rings. The largest absolute Gasteiger partial charge is 0.480 e. The molecule has 0 aliphatic carbocycles. The van der Waals surface area contributed by atoms with Gasteiger partial charge in [0.15, 0.2) is 36.6 Å². The van der Waals surface area contributed by atoms with Crippen molar-refractivity contribution >= 4 is 55.6 Å². The van der Waals surface area contributed by atoms with Gasteiger partial charge in [0, 0.05) is 55.4 Å². The van der Waals surface area contributed by atoms with Gasteiger partial charge in [0.1, 0.15) is 25.4 Å². The van der Waals surface area contributed by atoms with Gasteiger partial charge in [-0.3, -0.25) is 51.9 Å². The molecule has 58 heavy (non-hydrogen) atoms. The molecular formula is C35H45O22P. The molecule has 23 heteroatoms. The second-order valence-electron chi connectivity index (χ2n) is 12.6. The van der Waals surface area contributed by atoms with Crippen molar-refractivity contribution in [2.24, 2.45) is 0 Å². The number of hydrogen-bond acceptors (Lipinski definition) is 22. The Morgan fingerprint density at radius 3 is 1.14 bits per heavy atom. The van der Waals surface area contributed by atoms with Crippen molar-refractivity contribution in [3.05, 3.63) is 35.9 Å². The standard InChI is InChI=1S/C35H45O22P/c1-17(36)45-15-26-28(48-19(3)38)30(50-21(5)40)32(52-23(7)42)34(54-26)56-58(44,47-14-25-12-10-9-11-13-25)57-35-33(53-24(8)43)31(51-22(6)41)29(49-20(4)39)27(55-35)16-46-18(2)37/h9-13,26-35H,14-16H2,1-8H3/t26-,27+,28-,29+,30+,31-,32+,33-,34-,35+,58?. The maximum absolute atomic E-state index is 15.0. The first-order chi connectivity index (χ1) is 27.2. The first kappa shape index (κ1) is 47.4. The summed E-state index contributed by atoms with van der Waals surface area (Å²) in [5.41, 5.74) is 0.387. The molecule has 2 fully saturated rings. The van der Waals surface area contributed by atoms with Crippen molar-refractivity contribution in [1.82, 2.24) is 0 Å². The zero-order valence-electron chi connectivity index (χ0n) is 32.7. The summed E-state index contributed by atoms with van der Waals surface area (Å²) >= 11 is 0. The van der Waals surface area contributed by atoms with Gasteiger partial charge in [-0.25, -0.2) is 4.57 Å². The lowest BCUT2D eigenvalue weighted by atomic mass is 9.98. The minimum Gasteiger partial charge on any atom is -0.463 e. The summed E-state index contributed by atoms with van der Waals surface area (Å²) in [6.07, 6.45) is -18.1. The molecule has 1 unspecified atom stereocenters. The Labute approximate surface area is 331 Å². The molecule has 3 rings (SSSR count). The van der Waals surface area contributed by atoms with E-state index in [2.05, 4.69) is 0 Å². The van der Waals surface area contributed by atoms with Crippen LogP contribution in [0, 0.1) is 0 Å². The Hall–Kier alpha value is -4.99. The Balaban J connectivity index is 2.22. The van der Waals surface area contributed by atoms with Gasteiger partial charge in [-0.1, -0.05) is 30.3 Å². The molecule has 1 aromatic carbocycles. The number of phosphoric ester groups is 1. The van der Waals surface area contributed by atoms with Gasteiger partial charge < -0.3 is 47.4 Å². The Morgan fingerprint density at radius 1 is 0.483 bits per heavy atom. The van der Waals surface area contributed by atoms with Crippen LogP contribution in [0.15, 0.2) is 30.3 Å². The number of benzene rings is 1. The number of phosphoric acid groups is 1. The molecule has 2 aliphatic heterocycles. The molecule has 0 saturated carbocycles. The smallest absolute Gasteiger partial charge is 0.463 e. The lowest BCUT2D eigenvalue weighted by Crippen LogP contribution is -2.63. The van der Waals surface area contributed by atoms with E-state index in [4.69, 9.17) is 60.9 Å². The minimum absolute atomic E-state index is 0.387. The summed E-state index contributed by atoms with van der Waals surface area (Å²) in [6.45, 7) is 6.04. The van der Waals surface area contributed by atoms with E-state index in [-0.39, 0.29) is 0 Å². The lowest BCUT2D eigenvalue weighted by molar-refractivity contribution is -0.305. The molecule has 22 nitrogen and oxygen atoms in total. The molecule has 0 N–H and O–H groups in total. The van der Waals surface area contributed by atoms with Gasteiger partial charge in [-0.2, -0.15) is 0 Å². The lowest BCUT2D eigenvalue weighted by Gasteiger charge is -2.45. The number of carbonyl (C=O) groups is 8. The summed E-state index contributed by atoms with van der Waals surface area (Å²) < 4.78 is 86.9. The molecule has 2 heterocycles. The first-order valence-corrected chi connectivity index (χ1v) is 18.9. The number of esters is 8. The Kier molecular flexibility index (Phi) is 17.7. The molecule has 0 bridgehead atoms. The maximum atomic E-state index is 15.0. The third-order valence-electron chi connectivity index (χ3n) is 7.59. The van der Waals surface area contributed by atoms with Crippen molar-refractivity contribution in [2.75, 3.05) is 13.2 Å². The average molecular weight is 849 g/mol. The van der Waals surface area contributed by atoms with E-state index in [1.165, 1.54) is 0 Å². The van der Waals surface area contributed by atoms with Gasteiger partial charge in [0.2, 0.25) is 12.6 Å². The summed E-state index contributed by atoms with van der Waals surface area (Å²) in [6, 6.07) is 8.03. The van der Waals surface area contributed by atoms with Gasteiger partial charge in [-0.05, 0) is 5.56 Å². The number of carbonyl (C=O) groups excluding carboxylic acids is 8. The second-order valence-corrected chi connectivity index (χ2v) is 14.1. The fourth-order valence-electron chi connectivity index (χ4n) is 5.62. The molecule has 0 amide bonds. The molecular weight excluding hydrogens is 803 g/mol. The fraction of sp³-hybridized carbons (Fsp3) is 0.600. The maximum Gasteiger partial charge on any atom is 0.480 e. The highest BCUT2D eigenvalue weighted by Gasteiger charge is 2.58. The number of ether oxygens (including phenoxy) is 10. The van der Waals surface area contributed by atoms with Crippen LogP contribution in [0.4, 0.5) is 0 Å². The summed E-state index contributed by atoms with van der Waals surface area (Å²) in [7, 11) is -5.37. The topological polar surface area (TPSA) is 274 Å². The summed E-state index contributed by atoms with van der Waals surface area (Å²) in [5, 5.41) is 0. The monoisotopic (exact) mass is 848 g/mol. The van der Waals surface area contributed by atoms with Crippen LogP contribution in [-0.2, 0) is 110 Å². The van der Waals surface area contributed by atoms with Gasteiger partial charge in [0.05, 0.1) is 6.61 Å². The van der Waals surface area contributed by atoms with Crippen LogP contribution < -0.4 is 0 Å².